The molecule has 3 heteroatoms. The molecule has 0 aromatic carbocycles. The van der Waals surface area contributed by atoms with Crippen LogP contribution in [0.1, 0.15) is 19.3 Å². The second kappa shape index (κ2) is 3.77. The van der Waals surface area contributed by atoms with E-state index in [1.807, 2.05) is 0 Å². The van der Waals surface area contributed by atoms with Crippen LogP contribution >= 0.6 is 23.4 Å². The van der Waals surface area contributed by atoms with E-state index in [2.05, 4.69) is 16.7 Å². The van der Waals surface area contributed by atoms with E-state index in [1.54, 1.807) is 0 Å². The van der Waals surface area contributed by atoms with Gasteiger partial charge in [0, 0.05) is 23.7 Å². The van der Waals surface area contributed by atoms with Crippen LogP contribution in [0.15, 0.2) is 0 Å². The van der Waals surface area contributed by atoms with Crippen molar-refractivity contribution < 1.29 is 0 Å². The molecule has 2 saturated heterocycles. The maximum absolute atomic E-state index is 5.65. The van der Waals surface area contributed by atoms with Crippen molar-refractivity contribution in [2.75, 3.05) is 31.3 Å². The zero-order chi connectivity index (χ0) is 8.44. The van der Waals surface area contributed by atoms with Gasteiger partial charge < -0.3 is 4.90 Å². The fourth-order valence-corrected chi connectivity index (χ4v) is 3.89. The second-order valence-electron chi connectivity index (χ2n) is 3.89. The molecule has 0 atom stereocenters. The average Bonchev–Trinajstić information content (AvgIpc) is 2.46. The van der Waals surface area contributed by atoms with E-state index < -0.39 is 0 Å². The average molecular weight is 206 g/mol. The Morgan fingerprint density at radius 2 is 2.25 bits per heavy atom. The molecular weight excluding hydrogens is 190 g/mol. The number of likely N-dealkylation sites (tertiary alicyclic amines) is 1. The number of halogens is 1. The van der Waals surface area contributed by atoms with Gasteiger partial charge in [-0.1, -0.05) is 0 Å². The third-order valence-corrected chi connectivity index (χ3v) is 4.65. The summed E-state index contributed by atoms with van der Waals surface area (Å²) < 4.78 is 0.687. The lowest BCUT2D eigenvalue weighted by atomic mass is 9.94. The molecule has 2 aliphatic heterocycles. The van der Waals surface area contributed by atoms with Crippen molar-refractivity contribution in [1.29, 1.82) is 0 Å². The first kappa shape index (κ1) is 9.17. The lowest BCUT2D eigenvalue weighted by Crippen LogP contribution is -2.58. The highest BCUT2D eigenvalue weighted by Crippen LogP contribution is 2.44. The van der Waals surface area contributed by atoms with Crippen LogP contribution < -0.4 is 0 Å². The Kier molecular flexibility index (Phi) is 2.88. The van der Waals surface area contributed by atoms with E-state index >= 15 is 0 Å². The molecule has 2 fully saturated rings. The van der Waals surface area contributed by atoms with Gasteiger partial charge in [-0.15, -0.1) is 11.6 Å². The molecule has 0 amide bonds. The molecule has 0 aromatic rings. The molecule has 0 unspecified atom stereocenters. The lowest BCUT2D eigenvalue weighted by molar-refractivity contribution is 0.125. The number of nitrogens with zero attached hydrogens (tertiary/aromatic N) is 1. The molecule has 0 aliphatic carbocycles. The number of hydrogen-bond donors (Lipinski definition) is 0. The predicted octanol–water partition coefficient (Wildman–Crippen LogP) is 2.20. The van der Waals surface area contributed by atoms with E-state index in [9.17, 15) is 0 Å². The van der Waals surface area contributed by atoms with Gasteiger partial charge in [-0.3, -0.25) is 0 Å². The van der Waals surface area contributed by atoms with Gasteiger partial charge in [0.05, 0.1) is 0 Å². The Morgan fingerprint density at radius 1 is 1.42 bits per heavy atom. The van der Waals surface area contributed by atoms with E-state index in [-0.39, 0.29) is 0 Å². The van der Waals surface area contributed by atoms with Gasteiger partial charge in [-0.05, 0) is 31.6 Å². The minimum Gasteiger partial charge on any atom is -0.300 e. The smallest absolute Gasteiger partial charge is 0.0414 e. The molecule has 0 bridgehead atoms. The summed E-state index contributed by atoms with van der Waals surface area (Å²) in [6, 6.07) is 0. The first-order valence-corrected chi connectivity index (χ1v) is 6.29. The molecule has 1 spiro atoms. The summed E-state index contributed by atoms with van der Waals surface area (Å²) in [6.45, 7) is 3.87. The Balaban J connectivity index is 1.68. The second-order valence-corrected chi connectivity index (χ2v) is 5.83. The van der Waals surface area contributed by atoms with Gasteiger partial charge in [-0.2, -0.15) is 11.8 Å². The first-order chi connectivity index (χ1) is 5.85. The molecular formula is C9H16ClNS. The summed E-state index contributed by atoms with van der Waals surface area (Å²) in [6.07, 6.45) is 4.05. The van der Waals surface area contributed by atoms with Gasteiger partial charge in [0.1, 0.15) is 0 Å². The summed E-state index contributed by atoms with van der Waals surface area (Å²) in [5.41, 5.74) is 0. The van der Waals surface area contributed by atoms with Crippen molar-refractivity contribution in [2.24, 2.45) is 0 Å². The maximum Gasteiger partial charge on any atom is 0.0414 e. The normalized spacial score (nSPS) is 27.8. The van der Waals surface area contributed by atoms with Crippen molar-refractivity contribution in [3.63, 3.8) is 0 Å². The first-order valence-electron chi connectivity index (χ1n) is 4.77. The van der Waals surface area contributed by atoms with E-state index in [0.29, 0.717) is 4.75 Å². The zero-order valence-corrected chi connectivity index (χ0v) is 8.96. The molecule has 2 aliphatic rings. The minimum absolute atomic E-state index is 0.687. The summed E-state index contributed by atoms with van der Waals surface area (Å²) in [5.74, 6) is 2.21. The van der Waals surface area contributed by atoms with E-state index in [0.717, 1.165) is 12.3 Å². The van der Waals surface area contributed by atoms with E-state index in [1.165, 1.54) is 38.2 Å². The molecule has 0 radical (unpaired) electrons. The zero-order valence-electron chi connectivity index (χ0n) is 7.39. The van der Waals surface area contributed by atoms with Crippen molar-refractivity contribution in [2.45, 2.75) is 24.0 Å². The number of hydrogen-bond acceptors (Lipinski definition) is 2. The Hall–Kier alpha value is 0.600. The monoisotopic (exact) mass is 205 g/mol. The molecule has 2 rings (SSSR count). The number of alkyl halides is 1. The summed E-state index contributed by atoms with van der Waals surface area (Å²) in [5, 5.41) is 0. The Morgan fingerprint density at radius 3 is 2.83 bits per heavy atom. The molecule has 0 N–H and O–H groups in total. The largest absolute Gasteiger partial charge is 0.300 e. The highest BCUT2D eigenvalue weighted by Gasteiger charge is 2.44. The van der Waals surface area contributed by atoms with E-state index in [4.69, 9.17) is 11.6 Å². The predicted molar refractivity (Wildman–Crippen MR) is 56.2 cm³/mol. The third kappa shape index (κ3) is 1.75. The topological polar surface area (TPSA) is 3.24 Å². The highest BCUT2D eigenvalue weighted by atomic mass is 35.5. The summed E-state index contributed by atoms with van der Waals surface area (Å²) in [4.78, 5) is 2.54. The van der Waals surface area contributed by atoms with Gasteiger partial charge in [0.15, 0.2) is 0 Å². The van der Waals surface area contributed by atoms with Crippen molar-refractivity contribution in [3.05, 3.63) is 0 Å². The molecule has 0 saturated carbocycles. The third-order valence-electron chi connectivity index (χ3n) is 2.82. The van der Waals surface area contributed by atoms with Crippen LogP contribution in [-0.4, -0.2) is 40.9 Å². The number of thioether (sulfide) groups is 1. The van der Waals surface area contributed by atoms with Crippen LogP contribution in [0.4, 0.5) is 0 Å². The Labute approximate surface area is 83.8 Å². The van der Waals surface area contributed by atoms with Crippen molar-refractivity contribution >= 4 is 23.4 Å². The van der Waals surface area contributed by atoms with Gasteiger partial charge in [0.25, 0.3) is 0 Å². The molecule has 70 valence electrons. The quantitative estimate of drug-likeness (QED) is 0.650. The maximum atomic E-state index is 5.65. The molecule has 12 heavy (non-hydrogen) atoms. The van der Waals surface area contributed by atoms with Gasteiger partial charge in [-0.25, -0.2) is 0 Å². The van der Waals surface area contributed by atoms with Crippen LogP contribution in [0.3, 0.4) is 0 Å². The van der Waals surface area contributed by atoms with Crippen LogP contribution in [-0.2, 0) is 0 Å². The Bertz CT molecular complexity index is 149. The van der Waals surface area contributed by atoms with Crippen LogP contribution in [0.25, 0.3) is 0 Å². The van der Waals surface area contributed by atoms with Gasteiger partial charge >= 0.3 is 0 Å². The van der Waals surface area contributed by atoms with Gasteiger partial charge in [0.2, 0.25) is 0 Å². The van der Waals surface area contributed by atoms with Crippen LogP contribution in [0.2, 0.25) is 0 Å². The minimum atomic E-state index is 0.687. The fourth-order valence-electron chi connectivity index (χ4n) is 2.21. The summed E-state index contributed by atoms with van der Waals surface area (Å²) >= 11 is 7.84. The summed E-state index contributed by atoms with van der Waals surface area (Å²) in [7, 11) is 0. The lowest BCUT2D eigenvalue weighted by Gasteiger charge is -2.47. The molecule has 0 aromatic heterocycles. The molecule has 1 nitrogen and oxygen atoms in total. The SMILES string of the molecule is ClCCCN1CC2(CCCS2)C1. The number of rotatable bonds is 3. The van der Waals surface area contributed by atoms with Crippen molar-refractivity contribution in [1.82, 2.24) is 4.90 Å². The standard InChI is InChI=1S/C9H16ClNS/c10-4-2-5-11-7-9(8-11)3-1-6-12-9/h1-8H2. The fraction of sp³-hybridized carbons (Fsp3) is 1.00. The highest BCUT2D eigenvalue weighted by molar-refractivity contribution is 8.01. The van der Waals surface area contributed by atoms with Crippen LogP contribution in [0, 0.1) is 0 Å². The molecule has 2 heterocycles. The van der Waals surface area contributed by atoms with Crippen LogP contribution in [0.5, 0.6) is 0 Å². The van der Waals surface area contributed by atoms with Crippen molar-refractivity contribution in [3.8, 4) is 0 Å².